The highest BCUT2D eigenvalue weighted by Gasteiger charge is 2.20. The zero-order chi connectivity index (χ0) is 18.9. The lowest BCUT2D eigenvalue weighted by Crippen LogP contribution is -2.37. The Labute approximate surface area is 153 Å². The van der Waals surface area contributed by atoms with Crippen LogP contribution in [0.1, 0.15) is 53.0 Å². The SMILES string of the molecule is CCC(CC)NC(=O)COC(=O)c1ccccc1C(=O)c1ccccc1. The molecule has 0 bridgehead atoms. The maximum Gasteiger partial charge on any atom is 0.339 e. The fourth-order valence-electron chi connectivity index (χ4n) is 2.58. The molecular formula is C21H23NO4. The van der Waals surface area contributed by atoms with Crippen LogP contribution in [0.3, 0.4) is 0 Å². The summed E-state index contributed by atoms with van der Waals surface area (Å²) < 4.78 is 5.10. The summed E-state index contributed by atoms with van der Waals surface area (Å²) in [6, 6.07) is 15.2. The Bertz CT molecular complexity index is 767. The van der Waals surface area contributed by atoms with Crippen LogP contribution in [0.5, 0.6) is 0 Å². The van der Waals surface area contributed by atoms with Gasteiger partial charge in [0.15, 0.2) is 12.4 Å². The van der Waals surface area contributed by atoms with E-state index in [0.29, 0.717) is 5.56 Å². The Hall–Kier alpha value is -2.95. The van der Waals surface area contributed by atoms with E-state index >= 15 is 0 Å². The number of esters is 1. The van der Waals surface area contributed by atoms with Gasteiger partial charge in [-0.15, -0.1) is 0 Å². The van der Waals surface area contributed by atoms with E-state index in [0.717, 1.165) is 12.8 Å². The predicted molar refractivity (Wildman–Crippen MR) is 99.1 cm³/mol. The van der Waals surface area contributed by atoms with Crippen molar-refractivity contribution in [1.29, 1.82) is 0 Å². The maximum atomic E-state index is 12.6. The van der Waals surface area contributed by atoms with Crippen LogP contribution in [-0.4, -0.2) is 30.3 Å². The molecule has 5 nitrogen and oxygen atoms in total. The minimum atomic E-state index is -0.690. The second-order valence-electron chi connectivity index (χ2n) is 5.90. The molecule has 26 heavy (non-hydrogen) atoms. The molecule has 0 aromatic heterocycles. The standard InChI is InChI=1S/C21H23NO4/c1-3-16(4-2)22-19(23)14-26-21(25)18-13-9-8-12-17(18)20(24)15-10-6-5-7-11-15/h5-13,16H,3-4,14H2,1-2H3,(H,22,23). The van der Waals surface area contributed by atoms with E-state index < -0.39 is 5.97 Å². The molecule has 5 heteroatoms. The van der Waals surface area contributed by atoms with Crippen LogP contribution in [0.4, 0.5) is 0 Å². The summed E-state index contributed by atoms with van der Waals surface area (Å²) >= 11 is 0. The zero-order valence-corrected chi connectivity index (χ0v) is 15.0. The molecule has 0 atom stereocenters. The molecule has 2 rings (SSSR count). The fourth-order valence-corrected chi connectivity index (χ4v) is 2.58. The lowest BCUT2D eigenvalue weighted by Gasteiger charge is -2.15. The Balaban J connectivity index is 2.08. The van der Waals surface area contributed by atoms with Crippen molar-refractivity contribution in [3.8, 4) is 0 Å². The highest BCUT2D eigenvalue weighted by atomic mass is 16.5. The van der Waals surface area contributed by atoms with Crippen LogP contribution in [0, 0.1) is 0 Å². The first-order valence-corrected chi connectivity index (χ1v) is 8.72. The lowest BCUT2D eigenvalue weighted by molar-refractivity contribution is -0.125. The Morgan fingerprint density at radius 1 is 0.885 bits per heavy atom. The third-order valence-corrected chi connectivity index (χ3v) is 4.11. The Morgan fingerprint density at radius 3 is 2.08 bits per heavy atom. The van der Waals surface area contributed by atoms with Crippen molar-refractivity contribution in [3.63, 3.8) is 0 Å². The lowest BCUT2D eigenvalue weighted by atomic mass is 9.98. The van der Waals surface area contributed by atoms with Gasteiger partial charge < -0.3 is 10.1 Å². The van der Waals surface area contributed by atoms with Crippen molar-refractivity contribution >= 4 is 17.7 Å². The van der Waals surface area contributed by atoms with Gasteiger partial charge >= 0.3 is 5.97 Å². The average molecular weight is 353 g/mol. The van der Waals surface area contributed by atoms with Gasteiger partial charge in [-0.3, -0.25) is 9.59 Å². The van der Waals surface area contributed by atoms with Crippen molar-refractivity contribution in [3.05, 3.63) is 71.3 Å². The van der Waals surface area contributed by atoms with Crippen LogP contribution in [0.25, 0.3) is 0 Å². The van der Waals surface area contributed by atoms with E-state index in [-0.39, 0.29) is 35.5 Å². The Kier molecular flexibility index (Phi) is 7.09. The van der Waals surface area contributed by atoms with E-state index in [1.807, 2.05) is 19.9 Å². The minimum absolute atomic E-state index is 0.0631. The monoisotopic (exact) mass is 353 g/mol. The van der Waals surface area contributed by atoms with Gasteiger partial charge in [0.05, 0.1) is 5.56 Å². The molecule has 1 amide bonds. The summed E-state index contributed by atoms with van der Waals surface area (Å²) in [4.78, 5) is 36.9. The number of nitrogens with one attached hydrogen (secondary N) is 1. The topological polar surface area (TPSA) is 72.5 Å². The smallest absolute Gasteiger partial charge is 0.339 e. The number of hydrogen-bond acceptors (Lipinski definition) is 4. The number of rotatable bonds is 8. The van der Waals surface area contributed by atoms with E-state index in [2.05, 4.69) is 5.32 Å². The molecule has 0 saturated heterocycles. The van der Waals surface area contributed by atoms with Crippen molar-refractivity contribution in [1.82, 2.24) is 5.32 Å². The van der Waals surface area contributed by atoms with Gasteiger partial charge in [-0.25, -0.2) is 4.79 Å². The van der Waals surface area contributed by atoms with Crippen LogP contribution in [-0.2, 0) is 9.53 Å². The molecule has 0 fully saturated rings. The fraction of sp³-hybridized carbons (Fsp3) is 0.286. The van der Waals surface area contributed by atoms with Crippen LogP contribution >= 0.6 is 0 Å². The molecule has 0 aliphatic heterocycles. The number of hydrogen-bond donors (Lipinski definition) is 1. The molecule has 1 N–H and O–H groups in total. The number of ether oxygens (including phenoxy) is 1. The summed E-state index contributed by atoms with van der Waals surface area (Å²) in [7, 11) is 0. The highest BCUT2D eigenvalue weighted by molar-refractivity contribution is 6.14. The van der Waals surface area contributed by atoms with E-state index in [1.54, 1.807) is 42.5 Å². The molecular weight excluding hydrogens is 330 g/mol. The molecule has 2 aromatic carbocycles. The number of benzene rings is 2. The van der Waals surface area contributed by atoms with Gasteiger partial charge in [0.1, 0.15) is 0 Å². The largest absolute Gasteiger partial charge is 0.452 e. The third-order valence-electron chi connectivity index (χ3n) is 4.11. The minimum Gasteiger partial charge on any atom is -0.452 e. The predicted octanol–water partition coefficient (Wildman–Crippen LogP) is 3.38. The van der Waals surface area contributed by atoms with Gasteiger partial charge in [-0.2, -0.15) is 0 Å². The second kappa shape index (κ2) is 9.51. The van der Waals surface area contributed by atoms with Crippen molar-refractivity contribution in [2.75, 3.05) is 6.61 Å². The number of amides is 1. The molecule has 0 aliphatic rings. The maximum absolute atomic E-state index is 12.6. The summed E-state index contributed by atoms with van der Waals surface area (Å²) in [6.45, 7) is 3.58. The van der Waals surface area contributed by atoms with Gasteiger partial charge in [0.2, 0.25) is 0 Å². The quantitative estimate of drug-likeness (QED) is 0.583. The molecule has 0 radical (unpaired) electrons. The van der Waals surface area contributed by atoms with Crippen molar-refractivity contribution in [2.24, 2.45) is 0 Å². The van der Waals surface area contributed by atoms with Crippen LogP contribution in [0.15, 0.2) is 54.6 Å². The molecule has 136 valence electrons. The summed E-state index contributed by atoms with van der Waals surface area (Å²) in [5, 5.41) is 2.80. The van der Waals surface area contributed by atoms with Gasteiger partial charge in [-0.05, 0) is 18.9 Å². The molecule has 0 aliphatic carbocycles. The molecule has 0 unspecified atom stereocenters. The molecule has 0 heterocycles. The summed E-state index contributed by atoms with van der Waals surface area (Å²) in [6.07, 6.45) is 1.62. The summed E-state index contributed by atoms with van der Waals surface area (Å²) in [5.41, 5.74) is 0.889. The molecule has 0 spiro atoms. The van der Waals surface area contributed by atoms with Gasteiger partial charge in [0, 0.05) is 17.2 Å². The van der Waals surface area contributed by atoms with Crippen LogP contribution in [0.2, 0.25) is 0 Å². The molecule has 0 saturated carbocycles. The zero-order valence-electron chi connectivity index (χ0n) is 15.0. The number of carbonyl (C=O) groups excluding carboxylic acids is 3. The Morgan fingerprint density at radius 2 is 1.46 bits per heavy atom. The van der Waals surface area contributed by atoms with E-state index in [1.165, 1.54) is 6.07 Å². The number of ketones is 1. The van der Waals surface area contributed by atoms with E-state index in [9.17, 15) is 14.4 Å². The van der Waals surface area contributed by atoms with Gasteiger partial charge in [0.25, 0.3) is 5.91 Å². The second-order valence-corrected chi connectivity index (χ2v) is 5.90. The van der Waals surface area contributed by atoms with Crippen LogP contribution < -0.4 is 5.32 Å². The first kappa shape index (κ1) is 19.4. The average Bonchev–Trinajstić information content (AvgIpc) is 2.70. The van der Waals surface area contributed by atoms with E-state index in [4.69, 9.17) is 4.74 Å². The first-order valence-electron chi connectivity index (χ1n) is 8.72. The summed E-state index contributed by atoms with van der Waals surface area (Å²) in [5.74, 6) is -1.30. The van der Waals surface area contributed by atoms with Crippen molar-refractivity contribution < 1.29 is 19.1 Å². The molecule has 2 aromatic rings. The number of carbonyl (C=O) groups is 3. The van der Waals surface area contributed by atoms with Crippen molar-refractivity contribution in [2.45, 2.75) is 32.7 Å². The van der Waals surface area contributed by atoms with Gasteiger partial charge in [-0.1, -0.05) is 62.4 Å². The normalized spacial score (nSPS) is 10.4. The third kappa shape index (κ3) is 5.02. The first-order chi connectivity index (χ1) is 12.6. The highest BCUT2D eigenvalue weighted by Crippen LogP contribution is 2.15.